The fourth-order valence-electron chi connectivity index (χ4n) is 1.71. The summed E-state index contributed by atoms with van der Waals surface area (Å²) in [6.07, 6.45) is -1.25. The Morgan fingerprint density at radius 2 is 2.05 bits per heavy atom. The van der Waals surface area contributed by atoms with Gasteiger partial charge in [0, 0.05) is 5.56 Å². The van der Waals surface area contributed by atoms with E-state index in [1.165, 1.54) is 14.2 Å². The van der Waals surface area contributed by atoms with Gasteiger partial charge >= 0.3 is 5.97 Å². The Bertz CT molecular complexity index is 486. The van der Waals surface area contributed by atoms with Crippen LogP contribution in [0.25, 0.3) is 0 Å². The largest absolute Gasteiger partial charge is 0.496 e. The third kappa shape index (κ3) is 4.55. The zero-order chi connectivity index (χ0) is 15.1. The number of hydrogen-bond acceptors (Lipinski definition) is 5. The van der Waals surface area contributed by atoms with Gasteiger partial charge in [-0.15, -0.1) is 0 Å². The van der Waals surface area contributed by atoms with Crippen LogP contribution < -0.4 is 10.1 Å². The molecule has 110 valence electrons. The Balaban J connectivity index is 2.58. The molecule has 0 saturated heterocycles. The predicted molar refractivity (Wildman–Crippen MR) is 72.5 cm³/mol. The van der Waals surface area contributed by atoms with Crippen molar-refractivity contribution in [2.75, 3.05) is 20.8 Å². The van der Waals surface area contributed by atoms with Gasteiger partial charge in [-0.2, -0.15) is 0 Å². The highest BCUT2D eigenvalue weighted by Crippen LogP contribution is 2.19. The van der Waals surface area contributed by atoms with E-state index in [1.54, 1.807) is 6.07 Å². The number of carbonyl (C=O) groups excluding carboxylic acids is 2. The van der Waals surface area contributed by atoms with E-state index in [-0.39, 0.29) is 18.9 Å². The smallest absolute Gasteiger partial charge is 0.336 e. The van der Waals surface area contributed by atoms with E-state index >= 15 is 0 Å². The van der Waals surface area contributed by atoms with Crippen molar-refractivity contribution < 1.29 is 24.2 Å². The van der Waals surface area contributed by atoms with Crippen molar-refractivity contribution in [3.63, 3.8) is 0 Å². The summed E-state index contributed by atoms with van der Waals surface area (Å²) in [6, 6.07) is 5.54. The molecule has 0 aromatic heterocycles. The van der Waals surface area contributed by atoms with Crippen LogP contribution in [0.2, 0.25) is 0 Å². The number of nitrogens with one attached hydrogen (secondary N) is 1. The van der Waals surface area contributed by atoms with Gasteiger partial charge in [0.1, 0.15) is 5.75 Å². The topological polar surface area (TPSA) is 84.9 Å². The highest BCUT2D eigenvalue weighted by Gasteiger charge is 2.16. The lowest BCUT2D eigenvalue weighted by atomic mass is 10.1. The number of aliphatic hydroxyl groups excluding tert-OH is 1. The van der Waals surface area contributed by atoms with E-state index in [0.717, 1.165) is 11.1 Å². The van der Waals surface area contributed by atoms with Crippen molar-refractivity contribution in [3.8, 4) is 5.75 Å². The Morgan fingerprint density at radius 3 is 2.65 bits per heavy atom. The summed E-state index contributed by atoms with van der Waals surface area (Å²) in [5.41, 5.74) is 1.76. The monoisotopic (exact) mass is 281 g/mol. The molecule has 1 aromatic carbocycles. The Kier molecular flexibility index (Phi) is 5.99. The molecule has 0 aliphatic carbocycles. The first kappa shape index (κ1) is 16.0. The normalized spacial score (nSPS) is 11.6. The number of esters is 1. The second-order valence-corrected chi connectivity index (χ2v) is 4.34. The Labute approximate surface area is 117 Å². The van der Waals surface area contributed by atoms with Gasteiger partial charge in [-0.1, -0.05) is 17.7 Å². The van der Waals surface area contributed by atoms with Crippen LogP contribution in [-0.4, -0.2) is 43.9 Å². The molecule has 0 heterocycles. The number of benzene rings is 1. The van der Waals surface area contributed by atoms with Crippen LogP contribution in [0.3, 0.4) is 0 Å². The first-order valence-corrected chi connectivity index (χ1v) is 6.14. The van der Waals surface area contributed by atoms with Gasteiger partial charge in [-0.05, 0) is 13.0 Å². The van der Waals surface area contributed by atoms with Gasteiger partial charge in [-0.3, -0.25) is 4.79 Å². The summed E-state index contributed by atoms with van der Waals surface area (Å²) in [7, 11) is 2.71. The number of aliphatic hydroxyl groups is 1. The molecule has 0 aliphatic heterocycles. The van der Waals surface area contributed by atoms with Crippen molar-refractivity contribution in [2.45, 2.75) is 19.4 Å². The predicted octanol–water partition coefficient (Wildman–Crippen LogP) is 0.196. The fraction of sp³-hybridized carbons (Fsp3) is 0.429. The van der Waals surface area contributed by atoms with Crippen LogP contribution >= 0.6 is 0 Å². The molecule has 1 unspecified atom stereocenters. The lowest BCUT2D eigenvalue weighted by Gasteiger charge is -2.12. The molecule has 0 fully saturated rings. The lowest BCUT2D eigenvalue weighted by molar-refractivity contribution is -0.150. The first-order valence-electron chi connectivity index (χ1n) is 6.14. The molecule has 1 aromatic rings. The third-order valence-corrected chi connectivity index (χ3v) is 2.75. The van der Waals surface area contributed by atoms with Gasteiger partial charge in [-0.25, -0.2) is 4.79 Å². The number of rotatable bonds is 6. The molecule has 0 bridgehead atoms. The summed E-state index contributed by atoms with van der Waals surface area (Å²) in [5.74, 6) is -0.463. The molecule has 6 heteroatoms. The number of methoxy groups -OCH3 is 2. The molecular formula is C14H19NO5. The SMILES string of the molecule is COC(=O)C(O)CNC(=O)Cc1cc(C)ccc1OC. The summed E-state index contributed by atoms with van der Waals surface area (Å²) in [5, 5.41) is 11.8. The molecule has 2 N–H and O–H groups in total. The summed E-state index contributed by atoms with van der Waals surface area (Å²) in [6.45, 7) is 1.74. The maximum Gasteiger partial charge on any atom is 0.336 e. The van der Waals surface area contributed by atoms with Crippen LogP contribution in [0.15, 0.2) is 18.2 Å². The first-order chi connectivity index (χ1) is 9.47. The molecule has 0 spiro atoms. The van der Waals surface area contributed by atoms with Gasteiger partial charge in [0.05, 0.1) is 27.2 Å². The van der Waals surface area contributed by atoms with E-state index in [2.05, 4.69) is 10.1 Å². The summed E-state index contributed by atoms with van der Waals surface area (Å²) < 4.78 is 9.53. The van der Waals surface area contributed by atoms with Crippen LogP contribution in [0, 0.1) is 6.92 Å². The highest BCUT2D eigenvalue weighted by molar-refractivity contribution is 5.81. The minimum atomic E-state index is -1.36. The van der Waals surface area contributed by atoms with E-state index in [0.29, 0.717) is 5.75 Å². The zero-order valence-corrected chi connectivity index (χ0v) is 11.8. The van der Waals surface area contributed by atoms with E-state index < -0.39 is 12.1 Å². The molecule has 1 amide bonds. The van der Waals surface area contributed by atoms with Crippen molar-refractivity contribution in [1.82, 2.24) is 5.32 Å². The number of amides is 1. The third-order valence-electron chi connectivity index (χ3n) is 2.75. The second-order valence-electron chi connectivity index (χ2n) is 4.34. The quantitative estimate of drug-likeness (QED) is 0.727. The Morgan fingerprint density at radius 1 is 1.35 bits per heavy atom. The summed E-state index contributed by atoms with van der Waals surface area (Å²) in [4.78, 5) is 22.8. The number of carbonyl (C=O) groups is 2. The Hall–Kier alpha value is -2.08. The minimum Gasteiger partial charge on any atom is -0.496 e. The molecule has 0 saturated carbocycles. The second kappa shape index (κ2) is 7.49. The van der Waals surface area contributed by atoms with Crippen molar-refractivity contribution >= 4 is 11.9 Å². The van der Waals surface area contributed by atoms with Crippen molar-refractivity contribution in [1.29, 1.82) is 0 Å². The minimum absolute atomic E-state index is 0.110. The number of ether oxygens (including phenoxy) is 2. The molecule has 0 radical (unpaired) electrons. The van der Waals surface area contributed by atoms with Gasteiger partial charge in [0.15, 0.2) is 6.10 Å². The highest BCUT2D eigenvalue weighted by atomic mass is 16.5. The average molecular weight is 281 g/mol. The van der Waals surface area contributed by atoms with Crippen molar-refractivity contribution in [2.24, 2.45) is 0 Å². The van der Waals surface area contributed by atoms with E-state index in [1.807, 2.05) is 19.1 Å². The summed E-state index contributed by atoms with van der Waals surface area (Å²) >= 11 is 0. The van der Waals surface area contributed by atoms with Crippen molar-refractivity contribution in [3.05, 3.63) is 29.3 Å². The molecule has 20 heavy (non-hydrogen) atoms. The maximum atomic E-state index is 11.8. The van der Waals surface area contributed by atoms with E-state index in [4.69, 9.17) is 4.74 Å². The van der Waals surface area contributed by atoms with Crippen LogP contribution in [0.5, 0.6) is 5.75 Å². The maximum absolute atomic E-state index is 11.8. The molecule has 1 rings (SSSR count). The average Bonchev–Trinajstić information content (AvgIpc) is 2.44. The van der Waals surface area contributed by atoms with Gasteiger partial charge < -0.3 is 19.9 Å². The number of aryl methyl sites for hydroxylation is 1. The lowest BCUT2D eigenvalue weighted by Crippen LogP contribution is -2.37. The van der Waals surface area contributed by atoms with Crippen LogP contribution in [-0.2, 0) is 20.7 Å². The van der Waals surface area contributed by atoms with Gasteiger partial charge in [0.2, 0.25) is 5.91 Å². The fourth-order valence-corrected chi connectivity index (χ4v) is 1.71. The van der Waals surface area contributed by atoms with Crippen LogP contribution in [0.1, 0.15) is 11.1 Å². The molecule has 6 nitrogen and oxygen atoms in total. The molecule has 1 atom stereocenters. The van der Waals surface area contributed by atoms with E-state index in [9.17, 15) is 14.7 Å². The number of hydrogen-bond donors (Lipinski definition) is 2. The van der Waals surface area contributed by atoms with Crippen LogP contribution in [0.4, 0.5) is 0 Å². The standard InChI is InChI=1S/C14H19NO5/c1-9-4-5-12(19-2)10(6-9)7-13(17)15-8-11(16)14(18)20-3/h4-6,11,16H,7-8H2,1-3H3,(H,15,17). The zero-order valence-electron chi connectivity index (χ0n) is 11.8. The molecular weight excluding hydrogens is 262 g/mol. The molecule has 0 aliphatic rings. The van der Waals surface area contributed by atoms with Gasteiger partial charge in [0.25, 0.3) is 0 Å².